The van der Waals surface area contributed by atoms with Crippen LogP contribution in [-0.2, 0) is 35.1 Å². The number of likely N-dealkylation sites (N-methyl/N-ethyl adjacent to an activating group) is 1. The van der Waals surface area contributed by atoms with Crippen LogP contribution in [0.25, 0.3) is 22.2 Å². The van der Waals surface area contributed by atoms with Crippen molar-refractivity contribution >= 4 is 46.1 Å². The standard InChI is InChI=1S/C34H44N6O10/c1-37-6-8-40(9-7-37)23-32(42)47-16-18-49-34(44)28-21-30-26(36-28)19-24(50-30)22-39-12-10-38(11-13-39)5-2-3-31(41)46-15-17-48-33(43)27-20-29-25(35-27)4-14-45-29/h4,14,19-21,35-36H,2-3,5-13,15-18,22-23H2,1H3. The van der Waals surface area contributed by atoms with E-state index in [1.807, 2.05) is 6.07 Å². The molecule has 4 aromatic heterocycles. The van der Waals surface area contributed by atoms with Crippen molar-refractivity contribution in [1.82, 2.24) is 29.6 Å². The third-order valence-electron chi connectivity index (χ3n) is 8.84. The smallest absolute Gasteiger partial charge is 0.355 e. The number of H-pyrrole nitrogens is 2. The molecule has 0 aliphatic carbocycles. The summed E-state index contributed by atoms with van der Waals surface area (Å²) in [5, 5.41) is 0. The summed E-state index contributed by atoms with van der Waals surface area (Å²) in [7, 11) is 2.06. The molecule has 0 spiro atoms. The average Bonchev–Trinajstić information content (AvgIpc) is 3.88. The Labute approximate surface area is 288 Å². The summed E-state index contributed by atoms with van der Waals surface area (Å²) in [6, 6.07) is 6.80. The number of aromatic amines is 2. The molecule has 6 rings (SSSR count). The summed E-state index contributed by atoms with van der Waals surface area (Å²) in [4.78, 5) is 63.6. The molecule has 2 saturated heterocycles. The lowest BCUT2D eigenvalue weighted by atomic mass is 10.2. The minimum absolute atomic E-state index is 0.00336. The van der Waals surface area contributed by atoms with E-state index in [0.29, 0.717) is 41.6 Å². The van der Waals surface area contributed by atoms with Crippen LogP contribution in [0.15, 0.2) is 39.4 Å². The lowest BCUT2D eigenvalue weighted by Gasteiger charge is -2.34. The number of hydrogen-bond donors (Lipinski definition) is 2. The molecule has 0 unspecified atom stereocenters. The van der Waals surface area contributed by atoms with Crippen LogP contribution in [0.2, 0.25) is 0 Å². The molecule has 50 heavy (non-hydrogen) atoms. The van der Waals surface area contributed by atoms with Gasteiger partial charge in [0.2, 0.25) is 0 Å². The molecule has 0 amide bonds. The highest BCUT2D eigenvalue weighted by Gasteiger charge is 2.21. The van der Waals surface area contributed by atoms with Gasteiger partial charge >= 0.3 is 23.9 Å². The second kappa shape index (κ2) is 16.8. The van der Waals surface area contributed by atoms with Gasteiger partial charge in [-0.25, -0.2) is 9.59 Å². The monoisotopic (exact) mass is 696 g/mol. The van der Waals surface area contributed by atoms with E-state index in [4.69, 9.17) is 27.8 Å². The molecule has 270 valence electrons. The molecule has 0 radical (unpaired) electrons. The highest BCUT2D eigenvalue weighted by atomic mass is 16.6. The fraction of sp³-hybridized carbons (Fsp3) is 0.529. The van der Waals surface area contributed by atoms with E-state index in [2.05, 4.69) is 36.6 Å². The molecule has 0 saturated carbocycles. The molecule has 4 aromatic rings. The number of carbonyl (C=O) groups excluding carboxylic acids is 4. The third-order valence-corrected chi connectivity index (χ3v) is 8.84. The van der Waals surface area contributed by atoms with E-state index in [1.54, 1.807) is 18.2 Å². The summed E-state index contributed by atoms with van der Waals surface area (Å²) in [6.07, 6.45) is 2.50. The highest BCUT2D eigenvalue weighted by molar-refractivity contribution is 5.94. The number of rotatable bonds is 16. The first-order valence-corrected chi connectivity index (χ1v) is 17.0. The Hall–Kier alpha value is -4.64. The number of esters is 4. The first kappa shape index (κ1) is 35.2. The number of carbonyl (C=O) groups is 4. The van der Waals surface area contributed by atoms with Gasteiger partial charge in [-0.15, -0.1) is 0 Å². The Kier molecular flexibility index (Phi) is 11.9. The fourth-order valence-corrected chi connectivity index (χ4v) is 6.00. The number of piperazine rings is 2. The van der Waals surface area contributed by atoms with Crippen molar-refractivity contribution in [3.63, 3.8) is 0 Å². The number of nitrogens with zero attached hydrogens (tertiary/aromatic N) is 4. The Balaban J connectivity index is 0.803. The lowest BCUT2D eigenvalue weighted by Crippen LogP contribution is -2.46. The Morgan fingerprint density at radius 1 is 0.700 bits per heavy atom. The van der Waals surface area contributed by atoms with Crippen LogP contribution in [0.1, 0.15) is 39.6 Å². The van der Waals surface area contributed by atoms with Crippen molar-refractivity contribution in [2.24, 2.45) is 0 Å². The molecule has 16 heteroatoms. The van der Waals surface area contributed by atoms with Gasteiger partial charge in [-0.2, -0.15) is 0 Å². The zero-order valence-electron chi connectivity index (χ0n) is 28.3. The molecule has 0 atom stereocenters. The molecular weight excluding hydrogens is 652 g/mol. The van der Waals surface area contributed by atoms with Gasteiger partial charge in [0, 0.05) is 83.0 Å². The molecule has 6 heterocycles. The van der Waals surface area contributed by atoms with Crippen LogP contribution in [0, 0.1) is 0 Å². The van der Waals surface area contributed by atoms with Gasteiger partial charge in [0.15, 0.2) is 11.2 Å². The Morgan fingerprint density at radius 3 is 1.98 bits per heavy atom. The van der Waals surface area contributed by atoms with Gasteiger partial charge in [-0.1, -0.05) is 0 Å². The number of aromatic nitrogens is 2. The van der Waals surface area contributed by atoms with Crippen LogP contribution < -0.4 is 0 Å². The Morgan fingerprint density at radius 2 is 1.30 bits per heavy atom. The number of hydrogen-bond acceptors (Lipinski definition) is 14. The van der Waals surface area contributed by atoms with Crippen LogP contribution in [0.3, 0.4) is 0 Å². The summed E-state index contributed by atoms with van der Waals surface area (Å²) in [5.41, 5.74) is 3.13. The zero-order valence-corrected chi connectivity index (χ0v) is 28.3. The number of furan rings is 2. The third kappa shape index (κ3) is 9.74. The van der Waals surface area contributed by atoms with Crippen LogP contribution in [0.5, 0.6) is 0 Å². The van der Waals surface area contributed by atoms with Gasteiger partial charge in [0.25, 0.3) is 0 Å². The van der Waals surface area contributed by atoms with E-state index >= 15 is 0 Å². The van der Waals surface area contributed by atoms with Crippen molar-refractivity contribution in [1.29, 1.82) is 0 Å². The maximum absolute atomic E-state index is 12.5. The minimum Gasteiger partial charge on any atom is -0.463 e. The maximum Gasteiger partial charge on any atom is 0.355 e. The van der Waals surface area contributed by atoms with Crippen molar-refractivity contribution in [3.05, 3.63) is 47.7 Å². The van der Waals surface area contributed by atoms with Gasteiger partial charge in [0.1, 0.15) is 43.6 Å². The molecule has 2 aliphatic rings. The van der Waals surface area contributed by atoms with E-state index in [0.717, 1.165) is 64.7 Å². The molecule has 0 bridgehead atoms. The van der Waals surface area contributed by atoms with Crippen molar-refractivity contribution < 1.29 is 47.0 Å². The molecule has 16 nitrogen and oxygen atoms in total. The SMILES string of the molecule is CN1CCN(CC(=O)OCCOC(=O)c2cc3oc(CN4CCN(CCCC(=O)OCCOC(=O)c5cc6occc6[nH]5)CC4)cc3[nH]2)CC1. The Bertz CT molecular complexity index is 1680. The normalized spacial score (nSPS) is 16.6. The number of nitrogens with one attached hydrogen (secondary N) is 2. The molecule has 0 aromatic carbocycles. The first-order valence-electron chi connectivity index (χ1n) is 17.0. The number of fused-ring (bicyclic) bond motifs is 2. The molecule has 2 N–H and O–H groups in total. The van der Waals surface area contributed by atoms with E-state index in [1.165, 1.54) is 6.26 Å². The van der Waals surface area contributed by atoms with Crippen LogP contribution in [0.4, 0.5) is 0 Å². The van der Waals surface area contributed by atoms with E-state index in [-0.39, 0.29) is 56.3 Å². The predicted molar refractivity (Wildman–Crippen MR) is 179 cm³/mol. The molecular formula is C34H44N6O10. The predicted octanol–water partition coefficient (Wildman–Crippen LogP) is 2.08. The maximum atomic E-state index is 12.5. The van der Waals surface area contributed by atoms with Crippen LogP contribution in [-0.4, -0.2) is 152 Å². The van der Waals surface area contributed by atoms with E-state index < -0.39 is 11.9 Å². The van der Waals surface area contributed by atoms with Gasteiger partial charge in [0.05, 0.1) is 30.4 Å². The summed E-state index contributed by atoms with van der Waals surface area (Å²) in [5.74, 6) is -0.922. The summed E-state index contributed by atoms with van der Waals surface area (Å²) in [6.45, 7) is 8.56. The summed E-state index contributed by atoms with van der Waals surface area (Å²) >= 11 is 0. The van der Waals surface area contributed by atoms with Crippen molar-refractivity contribution in [2.75, 3.05) is 98.9 Å². The lowest BCUT2D eigenvalue weighted by molar-refractivity contribution is -0.146. The average molecular weight is 697 g/mol. The minimum atomic E-state index is -0.539. The van der Waals surface area contributed by atoms with Crippen molar-refractivity contribution in [3.8, 4) is 0 Å². The van der Waals surface area contributed by atoms with Gasteiger partial charge < -0.3 is 47.5 Å². The highest BCUT2D eigenvalue weighted by Crippen LogP contribution is 2.22. The quantitative estimate of drug-likeness (QED) is 0.0989. The van der Waals surface area contributed by atoms with Gasteiger partial charge in [-0.05, 0) is 20.0 Å². The second-order valence-corrected chi connectivity index (χ2v) is 12.6. The summed E-state index contributed by atoms with van der Waals surface area (Å²) < 4.78 is 32.1. The molecule has 2 fully saturated rings. The second-order valence-electron chi connectivity index (χ2n) is 12.6. The first-order chi connectivity index (χ1) is 24.3. The number of ether oxygens (including phenoxy) is 4. The molecule has 2 aliphatic heterocycles. The zero-order chi connectivity index (χ0) is 34.9. The van der Waals surface area contributed by atoms with E-state index in [9.17, 15) is 19.2 Å². The van der Waals surface area contributed by atoms with Crippen molar-refractivity contribution in [2.45, 2.75) is 19.4 Å². The van der Waals surface area contributed by atoms with Gasteiger partial charge in [-0.3, -0.25) is 19.4 Å². The van der Waals surface area contributed by atoms with Crippen LogP contribution >= 0.6 is 0 Å². The topological polar surface area (TPSA) is 176 Å². The largest absolute Gasteiger partial charge is 0.463 e. The fourth-order valence-electron chi connectivity index (χ4n) is 6.00.